The molecule has 112 valence electrons. The van der Waals surface area contributed by atoms with Crippen molar-refractivity contribution < 1.29 is 13.9 Å². The second kappa shape index (κ2) is 8.06. The average molecular weight is 289 g/mol. The van der Waals surface area contributed by atoms with Gasteiger partial charge in [-0.3, -0.25) is 4.79 Å². The van der Waals surface area contributed by atoms with Gasteiger partial charge in [0.05, 0.1) is 18.4 Å². The van der Waals surface area contributed by atoms with Crippen LogP contribution >= 0.6 is 0 Å². The molecule has 0 aliphatic heterocycles. The lowest BCUT2D eigenvalue weighted by atomic mass is 10.2. The van der Waals surface area contributed by atoms with Crippen molar-refractivity contribution in [2.24, 2.45) is 0 Å². The fourth-order valence-electron chi connectivity index (χ4n) is 1.75. The van der Waals surface area contributed by atoms with E-state index in [4.69, 9.17) is 9.15 Å². The molecule has 0 aliphatic carbocycles. The number of nitrogens with zero attached hydrogens (tertiary/aromatic N) is 1. The summed E-state index contributed by atoms with van der Waals surface area (Å²) in [6, 6.07) is 7.12. The van der Waals surface area contributed by atoms with Crippen molar-refractivity contribution >= 4 is 11.7 Å². The maximum Gasteiger partial charge on any atom is 0.253 e. The number of amides is 1. The quantitative estimate of drug-likeness (QED) is 0.727. The van der Waals surface area contributed by atoms with Gasteiger partial charge in [0.2, 0.25) is 0 Å². The van der Waals surface area contributed by atoms with Gasteiger partial charge >= 0.3 is 0 Å². The molecule has 0 bridgehead atoms. The number of anilines is 1. The topological polar surface area (TPSA) is 76.4 Å². The van der Waals surface area contributed by atoms with Crippen LogP contribution in [0.2, 0.25) is 0 Å². The third-order valence-electron chi connectivity index (χ3n) is 2.86. The van der Waals surface area contributed by atoms with Crippen LogP contribution in [0.3, 0.4) is 0 Å². The van der Waals surface area contributed by atoms with Crippen LogP contribution in [0.1, 0.15) is 22.5 Å². The van der Waals surface area contributed by atoms with E-state index in [-0.39, 0.29) is 5.91 Å². The highest BCUT2D eigenvalue weighted by atomic mass is 16.5. The molecule has 0 saturated heterocycles. The SMILES string of the molecule is COCCCNc1ccc(C(=O)NCc2ccco2)cn1. The average Bonchev–Trinajstić information content (AvgIpc) is 3.03. The molecule has 2 rings (SSSR count). The van der Waals surface area contributed by atoms with Gasteiger partial charge in [0.25, 0.3) is 5.91 Å². The van der Waals surface area contributed by atoms with E-state index in [2.05, 4.69) is 15.6 Å². The van der Waals surface area contributed by atoms with Gasteiger partial charge in [-0.25, -0.2) is 4.98 Å². The molecular formula is C15H19N3O3. The number of ether oxygens (including phenoxy) is 1. The summed E-state index contributed by atoms with van der Waals surface area (Å²) >= 11 is 0. The molecular weight excluding hydrogens is 270 g/mol. The van der Waals surface area contributed by atoms with E-state index >= 15 is 0 Å². The second-order valence-corrected chi connectivity index (χ2v) is 4.47. The van der Waals surface area contributed by atoms with Gasteiger partial charge < -0.3 is 19.8 Å². The Balaban J connectivity index is 1.79. The van der Waals surface area contributed by atoms with Crippen LogP contribution in [0.5, 0.6) is 0 Å². The van der Waals surface area contributed by atoms with Crippen LogP contribution in [0.4, 0.5) is 5.82 Å². The summed E-state index contributed by atoms with van der Waals surface area (Å²) in [7, 11) is 1.67. The fourth-order valence-corrected chi connectivity index (χ4v) is 1.75. The monoisotopic (exact) mass is 289 g/mol. The zero-order valence-electron chi connectivity index (χ0n) is 12.0. The van der Waals surface area contributed by atoms with Gasteiger partial charge in [-0.05, 0) is 30.7 Å². The van der Waals surface area contributed by atoms with Crippen molar-refractivity contribution in [1.82, 2.24) is 10.3 Å². The third kappa shape index (κ3) is 4.92. The predicted octanol–water partition coefficient (Wildman–Crippen LogP) is 2.05. The minimum Gasteiger partial charge on any atom is -0.467 e. The largest absolute Gasteiger partial charge is 0.467 e. The number of nitrogens with one attached hydrogen (secondary N) is 2. The molecule has 0 fully saturated rings. The first-order chi connectivity index (χ1) is 10.3. The third-order valence-corrected chi connectivity index (χ3v) is 2.86. The molecule has 0 radical (unpaired) electrons. The number of methoxy groups -OCH3 is 1. The van der Waals surface area contributed by atoms with Crippen molar-refractivity contribution in [2.45, 2.75) is 13.0 Å². The number of carbonyl (C=O) groups is 1. The number of carbonyl (C=O) groups excluding carboxylic acids is 1. The van der Waals surface area contributed by atoms with Crippen LogP contribution in [0, 0.1) is 0 Å². The van der Waals surface area contributed by atoms with E-state index in [0.29, 0.717) is 24.5 Å². The van der Waals surface area contributed by atoms with Crippen molar-refractivity contribution in [3.8, 4) is 0 Å². The summed E-state index contributed by atoms with van der Waals surface area (Å²) < 4.78 is 10.1. The van der Waals surface area contributed by atoms with Crippen molar-refractivity contribution in [2.75, 3.05) is 25.6 Å². The number of furan rings is 1. The molecule has 6 nitrogen and oxygen atoms in total. The molecule has 0 unspecified atom stereocenters. The minimum atomic E-state index is -0.176. The number of hydrogen-bond acceptors (Lipinski definition) is 5. The summed E-state index contributed by atoms with van der Waals surface area (Å²) in [6.07, 6.45) is 4.03. The zero-order valence-corrected chi connectivity index (χ0v) is 12.0. The van der Waals surface area contributed by atoms with Gasteiger partial charge in [-0.2, -0.15) is 0 Å². The van der Waals surface area contributed by atoms with Crippen LogP contribution in [-0.2, 0) is 11.3 Å². The standard InChI is InChI=1S/C15H19N3O3/c1-20-8-3-7-16-14-6-5-12(10-17-14)15(19)18-11-13-4-2-9-21-13/h2,4-6,9-10H,3,7-8,11H2,1H3,(H,16,17)(H,18,19). The lowest BCUT2D eigenvalue weighted by molar-refractivity contribution is 0.0947. The fraction of sp³-hybridized carbons (Fsp3) is 0.333. The Morgan fingerprint density at radius 3 is 2.95 bits per heavy atom. The normalized spacial score (nSPS) is 10.3. The van der Waals surface area contributed by atoms with Crippen molar-refractivity contribution in [3.63, 3.8) is 0 Å². The summed E-state index contributed by atoms with van der Waals surface area (Å²) in [5, 5.41) is 5.93. The number of hydrogen-bond donors (Lipinski definition) is 2. The van der Waals surface area contributed by atoms with E-state index in [1.807, 2.05) is 6.07 Å². The molecule has 0 saturated carbocycles. The molecule has 0 aromatic carbocycles. The van der Waals surface area contributed by atoms with Gasteiger partial charge in [0.1, 0.15) is 11.6 Å². The number of rotatable bonds is 8. The smallest absolute Gasteiger partial charge is 0.253 e. The number of pyridine rings is 1. The first-order valence-corrected chi connectivity index (χ1v) is 6.79. The Morgan fingerprint density at radius 1 is 1.38 bits per heavy atom. The molecule has 0 spiro atoms. The Kier molecular flexibility index (Phi) is 5.78. The van der Waals surface area contributed by atoms with Crippen molar-refractivity contribution in [1.29, 1.82) is 0 Å². The summed E-state index contributed by atoms with van der Waals surface area (Å²) in [5.74, 6) is 1.28. The lowest BCUT2D eigenvalue weighted by Gasteiger charge is -2.06. The van der Waals surface area contributed by atoms with Gasteiger partial charge in [-0.1, -0.05) is 0 Å². The van der Waals surface area contributed by atoms with Crippen LogP contribution in [-0.4, -0.2) is 31.2 Å². The van der Waals surface area contributed by atoms with Gasteiger partial charge in [-0.15, -0.1) is 0 Å². The Labute approximate surface area is 123 Å². The molecule has 2 aromatic rings. The van der Waals surface area contributed by atoms with Crippen LogP contribution in [0.25, 0.3) is 0 Å². The summed E-state index contributed by atoms with van der Waals surface area (Å²) in [5.41, 5.74) is 0.518. The lowest BCUT2D eigenvalue weighted by Crippen LogP contribution is -2.22. The van der Waals surface area contributed by atoms with E-state index in [1.54, 1.807) is 37.8 Å². The van der Waals surface area contributed by atoms with E-state index in [9.17, 15) is 4.79 Å². The summed E-state index contributed by atoms with van der Waals surface area (Å²) in [4.78, 5) is 16.1. The highest BCUT2D eigenvalue weighted by Gasteiger charge is 2.06. The predicted molar refractivity (Wildman–Crippen MR) is 79.1 cm³/mol. The molecule has 1 amide bonds. The zero-order chi connectivity index (χ0) is 14.9. The number of aromatic nitrogens is 1. The first-order valence-electron chi connectivity index (χ1n) is 6.79. The van der Waals surface area contributed by atoms with E-state index in [0.717, 1.165) is 18.8 Å². The van der Waals surface area contributed by atoms with Gasteiger partial charge in [0, 0.05) is 26.5 Å². The molecule has 6 heteroatoms. The molecule has 0 atom stereocenters. The molecule has 2 aromatic heterocycles. The van der Waals surface area contributed by atoms with E-state index in [1.165, 1.54) is 0 Å². The van der Waals surface area contributed by atoms with E-state index < -0.39 is 0 Å². The summed E-state index contributed by atoms with van der Waals surface area (Å²) in [6.45, 7) is 1.86. The van der Waals surface area contributed by atoms with Crippen molar-refractivity contribution in [3.05, 3.63) is 48.0 Å². The van der Waals surface area contributed by atoms with Crippen LogP contribution < -0.4 is 10.6 Å². The second-order valence-electron chi connectivity index (χ2n) is 4.47. The Hall–Kier alpha value is -2.34. The minimum absolute atomic E-state index is 0.176. The Bertz CT molecular complexity index is 538. The molecule has 0 aliphatic rings. The maximum atomic E-state index is 11.9. The molecule has 21 heavy (non-hydrogen) atoms. The highest BCUT2D eigenvalue weighted by Crippen LogP contribution is 2.06. The first kappa shape index (κ1) is 15.1. The highest BCUT2D eigenvalue weighted by molar-refractivity contribution is 5.93. The molecule has 2 N–H and O–H groups in total. The molecule has 2 heterocycles. The maximum absolute atomic E-state index is 11.9. The van der Waals surface area contributed by atoms with Gasteiger partial charge in [0.15, 0.2) is 0 Å². The van der Waals surface area contributed by atoms with Crippen LogP contribution in [0.15, 0.2) is 41.1 Å². The Morgan fingerprint density at radius 2 is 2.29 bits per heavy atom.